The van der Waals surface area contributed by atoms with Crippen molar-refractivity contribution in [1.82, 2.24) is 4.98 Å². The lowest BCUT2D eigenvalue weighted by atomic mass is 10.1. The molecule has 62 valence electrons. The Bertz CT molecular complexity index is 459. The molecule has 0 N–H and O–H groups in total. The van der Waals surface area contributed by atoms with E-state index in [0.717, 1.165) is 4.88 Å². The van der Waals surface area contributed by atoms with E-state index in [9.17, 15) is 8.42 Å². The highest BCUT2D eigenvalue weighted by atomic mass is 32.2. The Morgan fingerprint density at radius 3 is 3.08 bits per heavy atom. The fourth-order valence-corrected chi connectivity index (χ4v) is 2.45. The van der Waals surface area contributed by atoms with Gasteiger partial charge in [0.05, 0.1) is 10.4 Å². The Balaban J connectivity index is 2.76. The van der Waals surface area contributed by atoms with E-state index < -0.39 is 10.3 Å². The summed E-state index contributed by atoms with van der Waals surface area (Å²) >= 11 is 1.45. The van der Waals surface area contributed by atoms with Gasteiger partial charge in [0.25, 0.3) is 0 Å². The van der Waals surface area contributed by atoms with Crippen LogP contribution in [0.2, 0.25) is 0 Å². The summed E-state index contributed by atoms with van der Waals surface area (Å²) in [4.78, 5) is 5.32. The molecule has 1 aromatic heterocycles. The smallest absolute Gasteiger partial charge is 0.219 e. The minimum absolute atomic E-state index is 0.397. The summed E-state index contributed by atoms with van der Waals surface area (Å²) in [6.45, 7) is 0. The second-order valence-electron chi connectivity index (χ2n) is 2.33. The summed E-state index contributed by atoms with van der Waals surface area (Å²) in [6.07, 6.45) is 4.21. The average molecular weight is 199 g/mol. The lowest BCUT2D eigenvalue weighted by molar-refractivity contribution is 0.627. The van der Waals surface area contributed by atoms with Gasteiger partial charge in [-0.15, -0.1) is 11.3 Å². The first kappa shape index (κ1) is 7.70. The van der Waals surface area contributed by atoms with E-state index in [1.165, 1.54) is 11.3 Å². The summed E-state index contributed by atoms with van der Waals surface area (Å²) in [6, 6.07) is 0. The summed E-state index contributed by atoms with van der Waals surface area (Å²) in [5, 5.41) is 0. The van der Waals surface area contributed by atoms with E-state index in [1.807, 2.05) is 12.2 Å². The Morgan fingerprint density at radius 2 is 2.33 bits per heavy atom. The molecule has 0 bridgehead atoms. The maximum Gasteiger partial charge on any atom is 0.219 e. The van der Waals surface area contributed by atoms with E-state index in [1.54, 1.807) is 5.51 Å². The third-order valence-electron chi connectivity index (χ3n) is 1.63. The standard InChI is InChI=1S/C7H5NO2S2/c9-12(10)6-3-1-2-5-7(6)8-4-11-5/h1-2,4H,3H2. The van der Waals surface area contributed by atoms with Crippen molar-refractivity contribution < 1.29 is 8.42 Å². The second kappa shape index (κ2) is 2.84. The molecule has 0 fully saturated rings. The van der Waals surface area contributed by atoms with Crippen LogP contribution in [-0.2, 0) is 10.3 Å². The molecule has 3 nitrogen and oxygen atoms in total. The largest absolute Gasteiger partial charge is 0.243 e. The van der Waals surface area contributed by atoms with Gasteiger partial charge in [0, 0.05) is 6.42 Å². The van der Waals surface area contributed by atoms with Crippen LogP contribution in [0.4, 0.5) is 0 Å². The van der Waals surface area contributed by atoms with Crippen LogP contribution in [0.25, 0.3) is 6.08 Å². The third-order valence-corrected chi connectivity index (χ3v) is 3.19. The van der Waals surface area contributed by atoms with E-state index in [4.69, 9.17) is 0 Å². The molecular weight excluding hydrogens is 194 g/mol. The molecule has 0 saturated carbocycles. The molecule has 0 aliphatic heterocycles. The number of allylic oxidation sites excluding steroid dienone is 1. The van der Waals surface area contributed by atoms with Crippen LogP contribution in [-0.4, -0.2) is 18.3 Å². The zero-order chi connectivity index (χ0) is 8.55. The lowest BCUT2D eigenvalue weighted by Gasteiger charge is -2.01. The van der Waals surface area contributed by atoms with E-state index in [2.05, 4.69) is 4.98 Å². The van der Waals surface area contributed by atoms with Crippen molar-refractivity contribution in [2.45, 2.75) is 6.42 Å². The van der Waals surface area contributed by atoms with Gasteiger partial charge in [0.2, 0.25) is 10.3 Å². The van der Waals surface area contributed by atoms with Gasteiger partial charge >= 0.3 is 0 Å². The Labute approximate surface area is 74.9 Å². The molecule has 0 amide bonds. The molecule has 1 aliphatic rings. The molecule has 0 spiro atoms. The Morgan fingerprint density at radius 1 is 1.50 bits per heavy atom. The van der Waals surface area contributed by atoms with Crippen LogP contribution in [0.3, 0.4) is 0 Å². The predicted octanol–water partition coefficient (Wildman–Crippen LogP) is 0.960. The second-order valence-corrected chi connectivity index (χ2v) is 4.18. The van der Waals surface area contributed by atoms with Gasteiger partial charge < -0.3 is 0 Å². The van der Waals surface area contributed by atoms with Crippen LogP contribution in [0.1, 0.15) is 17.0 Å². The van der Waals surface area contributed by atoms with Crippen molar-refractivity contribution in [3.8, 4) is 0 Å². The fourth-order valence-electron chi connectivity index (χ4n) is 1.10. The molecule has 5 heteroatoms. The number of hydrogen-bond donors (Lipinski definition) is 0. The molecular formula is C7H5NO2S2. The molecule has 0 unspecified atom stereocenters. The van der Waals surface area contributed by atoms with E-state index in [0.29, 0.717) is 17.0 Å². The van der Waals surface area contributed by atoms with Crippen molar-refractivity contribution in [3.05, 3.63) is 22.2 Å². The SMILES string of the molecule is O=S(=O)=C1CC=Cc2scnc21. The molecule has 0 atom stereocenters. The van der Waals surface area contributed by atoms with Crippen molar-refractivity contribution in [1.29, 1.82) is 0 Å². The highest BCUT2D eigenvalue weighted by Gasteiger charge is 2.14. The van der Waals surface area contributed by atoms with Gasteiger partial charge in [0.1, 0.15) is 10.6 Å². The maximum atomic E-state index is 10.7. The number of rotatable bonds is 0. The number of aromatic nitrogens is 1. The van der Waals surface area contributed by atoms with Crippen molar-refractivity contribution in [2.24, 2.45) is 0 Å². The van der Waals surface area contributed by atoms with Crippen LogP contribution in [0.15, 0.2) is 11.6 Å². The predicted molar refractivity (Wildman–Crippen MR) is 48.8 cm³/mol. The fraction of sp³-hybridized carbons (Fsp3) is 0.143. The first-order valence-corrected chi connectivity index (χ1v) is 5.30. The van der Waals surface area contributed by atoms with Gasteiger partial charge in [-0.1, -0.05) is 6.08 Å². The van der Waals surface area contributed by atoms with Crippen LogP contribution >= 0.6 is 11.3 Å². The Hall–Kier alpha value is -0.940. The number of thiazole rings is 1. The molecule has 2 rings (SSSR count). The van der Waals surface area contributed by atoms with Crippen molar-refractivity contribution in [2.75, 3.05) is 0 Å². The molecule has 0 aromatic carbocycles. The lowest BCUT2D eigenvalue weighted by Crippen LogP contribution is -2.05. The van der Waals surface area contributed by atoms with Crippen molar-refractivity contribution in [3.63, 3.8) is 0 Å². The topological polar surface area (TPSA) is 47.0 Å². The highest BCUT2D eigenvalue weighted by Crippen LogP contribution is 2.21. The first-order valence-electron chi connectivity index (χ1n) is 3.34. The quantitative estimate of drug-likeness (QED) is 0.585. The zero-order valence-corrected chi connectivity index (χ0v) is 7.65. The monoisotopic (exact) mass is 199 g/mol. The molecule has 0 radical (unpaired) electrons. The molecule has 0 saturated heterocycles. The number of hydrogen-bond acceptors (Lipinski definition) is 4. The van der Waals surface area contributed by atoms with Gasteiger partial charge in [-0.3, -0.25) is 0 Å². The molecule has 1 aromatic rings. The zero-order valence-electron chi connectivity index (χ0n) is 6.02. The Kier molecular flexibility index (Phi) is 1.82. The molecule has 1 heterocycles. The van der Waals surface area contributed by atoms with Crippen LogP contribution in [0, 0.1) is 0 Å². The normalized spacial score (nSPS) is 14.5. The van der Waals surface area contributed by atoms with Gasteiger partial charge in [0.15, 0.2) is 0 Å². The van der Waals surface area contributed by atoms with Gasteiger partial charge in [-0.2, -0.15) is 8.42 Å². The average Bonchev–Trinajstić information content (AvgIpc) is 2.49. The summed E-state index contributed by atoms with van der Waals surface area (Å²) in [5.74, 6) is 0. The number of fused-ring (bicyclic) bond motifs is 1. The molecule has 12 heavy (non-hydrogen) atoms. The minimum atomic E-state index is -2.13. The summed E-state index contributed by atoms with van der Waals surface area (Å²) in [7, 11) is -2.13. The first-order chi connectivity index (χ1) is 5.79. The minimum Gasteiger partial charge on any atom is -0.243 e. The molecule has 1 aliphatic carbocycles. The third kappa shape index (κ3) is 1.11. The van der Waals surface area contributed by atoms with E-state index in [-0.39, 0.29) is 0 Å². The maximum absolute atomic E-state index is 10.7. The van der Waals surface area contributed by atoms with Gasteiger partial charge in [-0.05, 0) is 6.08 Å². The van der Waals surface area contributed by atoms with E-state index >= 15 is 0 Å². The van der Waals surface area contributed by atoms with Crippen LogP contribution < -0.4 is 0 Å². The van der Waals surface area contributed by atoms with Crippen molar-refractivity contribution >= 4 is 32.6 Å². The van der Waals surface area contributed by atoms with Crippen LogP contribution in [0.5, 0.6) is 0 Å². The summed E-state index contributed by atoms with van der Waals surface area (Å²) in [5.41, 5.74) is 2.28. The number of nitrogens with zero attached hydrogens (tertiary/aromatic N) is 1. The van der Waals surface area contributed by atoms with Gasteiger partial charge in [-0.25, -0.2) is 4.98 Å². The summed E-state index contributed by atoms with van der Waals surface area (Å²) < 4.78 is 21.4. The highest BCUT2D eigenvalue weighted by molar-refractivity contribution is 7.73.